The highest BCUT2D eigenvalue weighted by atomic mass is 32.2. The van der Waals surface area contributed by atoms with E-state index in [1.807, 2.05) is 26.3 Å². The molecule has 0 saturated heterocycles. The number of rotatable bonds is 9. The lowest BCUT2D eigenvalue weighted by molar-refractivity contribution is 0.135. The first kappa shape index (κ1) is 16.6. The molecule has 0 unspecified atom stereocenters. The smallest absolute Gasteiger partial charge is 0.252 e. The molecule has 0 radical (unpaired) electrons. The van der Waals surface area contributed by atoms with Gasteiger partial charge in [-0.15, -0.1) is 11.3 Å². The number of hydrogen-bond acceptors (Lipinski definition) is 5. The molecule has 7 heteroatoms. The van der Waals surface area contributed by atoms with Crippen molar-refractivity contribution in [3.63, 3.8) is 0 Å². The van der Waals surface area contributed by atoms with Crippen molar-refractivity contribution in [3.8, 4) is 0 Å². The Morgan fingerprint density at radius 3 is 2.74 bits per heavy atom. The van der Waals surface area contributed by atoms with Crippen LogP contribution in [0.25, 0.3) is 0 Å². The highest BCUT2D eigenvalue weighted by molar-refractivity contribution is 7.91. The van der Waals surface area contributed by atoms with Gasteiger partial charge in [-0.2, -0.15) is 4.31 Å². The van der Waals surface area contributed by atoms with Crippen molar-refractivity contribution in [2.24, 2.45) is 0 Å². The van der Waals surface area contributed by atoms with E-state index in [-0.39, 0.29) is 0 Å². The van der Waals surface area contributed by atoms with Gasteiger partial charge in [-0.05, 0) is 31.0 Å². The van der Waals surface area contributed by atoms with Crippen molar-refractivity contribution in [2.45, 2.75) is 24.6 Å². The van der Waals surface area contributed by atoms with Crippen LogP contribution in [0.3, 0.4) is 0 Å². The summed E-state index contributed by atoms with van der Waals surface area (Å²) in [6.07, 6.45) is 0. The molecule has 5 nitrogen and oxygen atoms in total. The maximum atomic E-state index is 12.4. The van der Waals surface area contributed by atoms with Crippen LogP contribution < -0.4 is 5.32 Å². The van der Waals surface area contributed by atoms with Crippen LogP contribution in [-0.4, -0.2) is 46.1 Å². The molecule has 0 aromatic carbocycles. The second-order valence-corrected chi connectivity index (χ2v) is 7.07. The van der Waals surface area contributed by atoms with Gasteiger partial charge in [0.1, 0.15) is 4.21 Å². The molecular formula is C12H22N2O3S2. The summed E-state index contributed by atoms with van der Waals surface area (Å²) in [5.41, 5.74) is 0.993. The van der Waals surface area contributed by atoms with Crippen molar-refractivity contribution in [2.75, 3.05) is 33.4 Å². The minimum atomic E-state index is -3.39. The van der Waals surface area contributed by atoms with Crippen LogP contribution in [0.5, 0.6) is 0 Å². The zero-order chi connectivity index (χ0) is 14.3. The monoisotopic (exact) mass is 306 g/mol. The Balaban J connectivity index is 2.80. The van der Waals surface area contributed by atoms with E-state index in [4.69, 9.17) is 4.74 Å². The molecule has 1 rings (SSSR count). The number of sulfonamides is 1. The summed E-state index contributed by atoms with van der Waals surface area (Å²) in [5.74, 6) is 0. The van der Waals surface area contributed by atoms with Crippen molar-refractivity contribution in [1.29, 1.82) is 0 Å². The fourth-order valence-corrected chi connectivity index (χ4v) is 4.47. The van der Waals surface area contributed by atoms with Crippen molar-refractivity contribution < 1.29 is 13.2 Å². The molecule has 0 aliphatic heterocycles. The molecule has 0 bridgehead atoms. The van der Waals surface area contributed by atoms with Gasteiger partial charge < -0.3 is 10.1 Å². The summed E-state index contributed by atoms with van der Waals surface area (Å²) in [6, 6.07) is 1.74. The van der Waals surface area contributed by atoms with Gasteiger partial charge in [0.05, 0.1) is 6.61 Å². The highest BCUT2D eigenvalue weighted by Gasteiger charge is 2.24. The van der Waals surface area contributed by atoms with Gasteiger partial charge in [-0.25, -0.2) is 8.42 Å². The minimum Gasteiger partial charge on any atom is -0.380 e. The van der Waals surface area contributed by atoms with E-state index in [1.165, 1.54) is 15.6 Å². The largest absolute Gasteiger partial charge is 0.380 e. The van der Waals surface area contributed by atoms with Gasteiger partial charge in [0.25, 0.3) is 10.0 Å². The Hall–Kier alpha value is -0.470. The van der Waals surface area contributed by atoms with Crippen molar-refractivity contribution in [1.82, 2.24) is 9.62 Å². The number of nitrogens with zero attached hydrogens (tertiary/aromatic N) is 1. The van der Waals surface area contributed by atoms with Crippen molar-refractivity contribution in [3.05, 3.63) is 17.0 Å². The fourth-order valence-electron chi connectivity index (χ4n) is 1.67. The van der Waals surface area contributed by atoms with Crippen LogP contribution in [0, 0.1) is 0 Å². The molecule has 1 aromatic heterocycles. The standard InChI is InChI=1S/C12H22N2O3S2/c1-4-14(6-7-17-5-2)19(15,16)12-8-11(9-13-3)10-18-12/h8,10,13H,4-7,9H2,1-3H3. The number of thiophene rings is 1. The maximum Gasteiger partial charge on any atom is 0.252 e. The topological polar surface area (TPSA) is 58.6 Å². The Morgan fingerprint density at radius 2 is 2.16 bits per heavy atom. The number of hydrogen-bond donors (Lipinski definition) is 1. The van der Waals surface area contributed by atoms with Gasteiger partial charge in [0.15, 0.2) is 0 Å². The summed E-state index contributed by atoms with van der Waals surface area (Å²) < 4.78 is 32.0. The number of ether oxygens (including phenoxy) is 1. The van der Waals surface area contributed by atoms with E-state index in [9.17, 15) is 8.42 Å². The predicted octanol–water partition coefficient (Wildman–Crippen LogP) is 1.51. The Labute approximate surface area is 119 Å². The average Bonchev–Trinajstić information content (AvgIpc) is 2.84. The zero-order valence-corrected chi connectivity index (χ0v) is 13.3. The van der Waals surface area contributed by atoms with Gasteiger partial charge in [-0.1, -0.05) is 6.92 Å². The Bertz CT molecular complexity index is 471. The first-order valence-electron chi connectivity index (χ1n) is 6.36. The summed E-state index contributed by atoms with van der Waals surface area (Å²) in [4.78, 5) is 0. The molecule has 1 heterocycles. The third kappa shape index (κ3) is 4.54. The van der Waals surface area contributed by atoms with Gasteiger partial charge in [0, 0.05) is 26.2 Å². The molecule has 0 aliphatic carbocycles. The van der Waals surface area contributed by atoms with Gasteiger partial charge >= 0.3 is 0 Å². The minimum absolute atomic E-state index is 0.395. The lowest BCUT2D eigenvalue weighted by Gasteiger charge is -2.19. The van der Waals surface area contributed by atoms with E-state index >= 15 is 0 Å². The van der Waals surface area contributed by atoms with Crippen LogP contribution in [0.4, 0.5) is 0 Å². The summed E-state index contributed by atoms with van der Waals surface area (Å²) >= 11 is 1.27. The molecule has 19 heavy (non-hydrogen) atoms. The van der Waals surface area contributed by atoms with Crippen LogP contribution in [-0.2, 0) is 21.3 Å². The first-order chi connectivity index (χ1) is 9.06. The summed E-state index contributed by atoms with van der Waals surface area (Å²) in [6.45, 7) is 6.29. The molecule has 0 saturated carbocycles. The normalized spacial score (nSPS) is 12.2. The highest BCUT2D eigenvalue weighted by Crippen LogP contribution is 2.23. The average molecular weight is 306 g/mol. The van der Waals surface area contributed by atoms with E-state index in [2.05, 4.69) is 5.32 Å². The molecule has 0 amide bonds. The quantitative estimate of drug-likeness (QED) is 0.703. The number of nitrogens with one attached hydrogen (secondary N) is 1. The lowest BCUT2D eigenvalue weighted by atomic mass is 10.3. The van der Waals surface area contributed by atoms with Crippen LogP contribution in [0.15, 0.2) is 15.7 Å². The zero-order valence-electron chi connectivity index (χ0n) is 11.7. The van der Waals surface area contributed by atoms with E-state index in [1.54, 1.807) is 6.07 Å². The van der Waals surface area contributed by atoms with Gasteiger partial charge in [0.2, 0.25) is 0 Å². The molecule has 0 atom stereocenters. The Morgan fingerprint density at radius 1 is 1.42 bits per heavy atom. The van der Waals surface area contributed by atoms with E-state index in [0.717, 1.165) is 5.56 Å². The van der Waals surface area contributed by atoms with Crippen LogP contribution >= 0.6 is 11.3 Å². The second kappa shape index (κ2) is 7.96. The molecule has 1 aromatic rings. The molecule has 0 spiro atoms. The van der Waals surface area contributed by atoms with Crippen molar-refractivity contribution >= 4 is 21.4 Å². The summed E-state index contributed by atoms with van der Waals surface area (Å²) in [7, 11) is -1.55. The predicted molar refractivity (Wildman–Crippen MR) is 78.0 cm³/mol. The Kier molecular flexibility index (Phi) is 6.95. The van der Waals surface area contributed by atoms with Gasteiger partial charge in [-0.3, -0.25) is 0 Å². The molecule has 1 N–H and O–H groups in total. The second-order valence-electron chi connectivity index (χ2n) is 4.00. The molecule has 110 valence electrons. The van der Waals surface area contributed by atoms with E-state index < -0.39 is 10.0 Å². The first-order valence-corrected chi connectivity index (χ1v) is 8.68. The van der Waals surface area contributed by atoms with Crippen LogP contribution in [0.1, 0.15) is 19.4 Å². The fraction of sp³-hybridized carbons (Fsp3) is 0.667. The third-order valence-electron chi connectivity index (χ3n) is 2.65. The van der Waals surface area contributed by atoms with E-state index in [0.29, 0.717) is 37.1 Å². The van der Waals surface area contributed by atoms with Crippen LogP contribution in [0.2, 0.25) is 0 Å². The molecule has 0 aliphatic rings. The lowest BCUT2D eigenvalue weighted by Crippen LogP contribution is -2.33. The molecule has 0 fully saturated rings. The number of likely N-dealkylation sites (N-methyl/N-ethyl adjacent to an activating group) is 1. The summed E-state index contributed by atoms with van der Waals surface area (Å²) in [5, 5.41) is 4.89. The molecular weight excluding hydrogens is 284 g/mol. The third-order valence-corrected chi connectivity index (χ3v) is 6.08. The SMILES string of the molecule is CCOCCN(CC)S(=O)(=O)c1cc(CNC)cs1. The maximum absolute atomic E-state index is 12.4.